The molecule has 0 amide bonds. The predicted octanol–water partition coefficient (Wildman–Crippen LogP) is 4.36. The first-order valence-corrected chi connectivity index (χ1v) is 11.3. The van der Waals surface area contributed by atoms with Crippen molar-refractivity contribution in [2.24, 2.45) is 7.05 Å². The number of aromatic nitrogens is 5. The molecule has 3 aromatic heterocycles. The van der Waals surface area contributed by atoms with E-state index in [0.29, 0.717) is 5.69 Å². The Bertz CT molecular complexity index is 1480. The molecule has 3 heterocycles. The van der Waals surface area contributed by atoms with Crippen LogP contribution < -0.4 is 0 Å². The highest BCUT2D eigenvalue weighted by atomic mass is 16.3. The van der Waals surface area contributed by atoms with Crippen molar-refractivity contribution >= 4 is 27.6 Å². The van der Waals surface area contributed by atoms with E-state index in [1.807, 2.05) is 77.2 Å². The van der Waals surface area contributed by atoms with E-state index in [9.17, 15) is 9.90 Å². The van der Waals surface area contributed by atoms with Gasteiger partial charge in [-0.2, -0.15) is 10.2 Å². The maximum Gasteiger partial charge on any atom is 0.139 e. The van der Waals surface area contributed by atoms with Crippen molar-refractivity contribution in [3.05, 3.63) is 84.4 Å². The van der Waals surface area contributed by atoms with E-state index in [1.54, 1.807) is 26.2 Å². The van der Waals surface area contributed by atoms with Crippen LogP contribution >= 0.6 is 0 Å². The number of aryl methyl sites for hydroxylation is 1. The molecule has 1 N–H and O–H groups in total. The Morgan fingerprint density at radius 2 is 1.74 bits per heavy atom. The lowest BCUT2D eigenvalue weighted by Crippen LogP contribution is -2.31. The summed E-state index contributed by atoms with van der Waals surface area (Å²) in [7, 11) is 1.92. The van der Waals surface area contributed by atoms with Gasteiger partial charge in [-0.15, -0.1) is 0 Å². The van der Waals surface area contributed by atoms with Gasteiger partial charge in [0.25, 0.3) is 0 Å². The van der Waals surface area contributed by atoms with E-state index in [-0.39, 0.29) is 24.5 Å². The van der Waals surface area contributed by atoms with Gasteiger partial charge in [0, 0.05) is 42.3 Å². The van der Waals surface area contributed by atoms with Gasteiger partial charge in [-0.25, -0.2) is 4.68 Å². The van der Waals surface area contributed by atoms with Crippen molar-refractivity contribution in [3.8, 4) is 5.69 Å². The quantitative estimate of drug-likeness (QED) is 0.396. The van der Waals surface area contributed by atoms with Crippen molar-refractivity contribution < 1.29 is 9.90 Å². The summed E-state index contributed by atoms with van der Waals surface area (Å²) in [5, 5.41) is 21.5. The molecule has 0 unspecified atom stereocenters. The smallest absolute Gasteiger partial charge is 0.139 e. The van der Waals surface area contributed by atoms with Crippen LogP contribution in [0.5, 0.6) is 0 Å². The van der Waals surface area contributed by atoms with Gasteiger partial charge in [-0.05, 0) is 43.7 Å². The molecule has 5 aromatic rings. The second-order valence-corrected chi connectivity index (χ2v) is 9.34. The summed E-state index contributed by atoms with van der Waals surface area (Å²) < 4.78 is 3.68. The average molecular weight is 454 g/mol. The number of hydrogen-bond acceptors (Lipinski definition) is 5. The largest absolute Gasteiger partial charge is 0.390 e. The number of benzene rings is 2. The number of nitrogens with zero attached hydrogens (tertiary/aromatic N) is 5. The van der Waals surface area contributed by atoms with E-state index in [2.05, 4.69) is 15.2 Å². The molecule has 7 nitrogen and oxygen atoms in total. The summed E-state index contributed by atoms with van der Waals surface area (Å²) in [5.74, 6) is -0.244. The highest BCUT2D eigenvalue weighted by Crippen LogP contribution is 2.32. The lowest BCUT2D eigenvalue weighted by atomic mass is 9.80. The fourth-order valence-corrected chi connectivity index (χ4v) is 4.50. The van der Waals surface area contributed by atoms with E-state index >= 15 is 0 Å². The van der Waals surface area contributed by atoms with Gasteiger partial charge in [0.15, 0.2) is 0 Å². The zero-order valence-electron chi connectivity index (χ0n) is 19.5. The molecular weight excluding hydrogens is 426 g/mol. The van der Waals surface area contributed by atoms with Gasteiger partial charge < -0.3 is 5.11 Å². The van der Waals surface area contributed by atoms with Crippen LogP contribution in [0, 0.1) is 0 Å². The number of pyridine rings is 1. The topological polar surface area (TPSA) is 85.8 Å². The van der Waals surface area contributed by atoms with Gasteiger partial charge in [-0.3, -0.25) is 14.5 Å². The van der Waals surface area contributed by atoms with Crippen molar-refractivity contribution in [2.75, 3.05) is 0 Å². The van der Waals surface area contributed by atoms with Crippen molar-refractivity contribution in [2.45, 2.75) is 38.2 Å². The van der Waals surface area contributed by atoms with E-state index in [1.165, 1.54) is 0 Å². The molecule has 0 aliphatic rings. The minimum absolute atomic E-state index is 0.0388. The second-order valence-electron chi connectivity index (χ2n) is 9.34. The highest BCUT2D eigenvalue weighted by molar-refractivity contribution is 5.85. The Morgan fingerprint density at radius 1 is 0.971 bits per heavy atom. The van der Waals surface area contributed by atoms with Crippen LogP contribution in [-0.2, 0) is 18.3 Å². The maximum absolute atomic E-state index is 13.0. The number of hydrogen-bond donors (Lipinski definition) is 1. The Kier molecular flexibility index (Phi) is 5.49. The molecular formula is C27H27N5O2. The molecule has 34 heavy (non-hydrogen) atoms. The van der Waals surface area contributed by atoms with Crippen LogP contribution in [-0.4, -0.2) is 41.0 Å². The number of carbonyl (C=O) groups excluding carboxylic acids is 1. The van der Waals surface area contributed by atoms with Gasteiger partial charge >= 0.3 is 0 Å². The summed E-state index contributed by atoms with van der Waals surface area (Å²) in [4.78, 5) is 17.5. The fraction of sp³-hybridized carbons (Fsp3) is 0.259. The van der Waals surface area contributed by atoms with Crippen LogP contribution in [0.1, 0.15) is 37.4 Å². The molecule has 0 aliphatic heterocycles. The molecule has 2 aromatic carbocycles. The Morgan fingerprint density at radius 3 is 2.50 bits per heavy atom. The molecule has 0 aliphatic carbocycles. The molecule has 172 valence electrons. The first-order chi connectivity index (χ1) is 16.3. The normalized spacial score (nSPS) is 12.9. The molecule has 5 rings (SSSR count). The standard InChI is InChI=1S/C27H27N5O2/c1-27(2,34)24(18-7-5-4-6-8-18)14-23(33)12-21-11-20-16-30-32(26(20)17-28-21)22-10-9-19-15-29-31(3)25(19)13-22/h4-11,13,15-17,24,34H,12,14H2,1-3H3/t24-/m0/s1. The zero-order valence-corrected chi connectivity index (χ0v) is 19.5. The first kappa shape index (κ1) is 22.0. The monoisotopic (exact) mass is 453 g/mol. The molecule has 0 fully saturated rings. The second kappa shape index (κ2) is 8.50. The molecule has 0 bridgehead atoms. The fourth-order valence-electron chi connectivity index (χ4n) is 4.50. The number of fused-ring (bicyclic) bond motifs is 2. The minimum atomic E-state index is -1.01. The number of rotatable bonds is 7. The molecule has 0 saturated heterocycles. The van der Waals surface area contributed by atoms with Gasteiger partial charge in [0.2, 0.25) is 0 Å². The van der Waals surface area contributed by atoms with Crippen molar-refractivity contribution in [1.29, 1.82) is 0 Å². The summed E-state index contributed by atoms with van der Waals surface area (Å²) in [6.07, 6.45) is 5.86. The van der Waals surface area contributed by atoms with Crippen LogP contribution in [0.25, 0.3) is 27.5 Å². The summed E-state index contributed by atoms with van der Waals surface area (Å²) in [5.41, 5.74) is 3.46. The van der Waals surface area contributed by atoms with Gasteiger partial charge in [0.05, 0.1) is 40.9 Å². The van der Waals surface area contributed by atoms with Crippen LogP contribution in [0.3, 0.4) is 0 Å². The van der Waals surface area contributed by atoms with Gasteiger partial charge in [-0.1, -0.05) is 30.3 Å². The molecule has 7 heteroatoms. The number of carbonyl (C=O) groups is 1. The van der Waals surface area contributed by atoms with Crippen LogP contribution in [0.4, 0.5) is 0 Å². The third kappa shape index (κ3) is 4.22. The molecule has 0 spiro atoms. The maximum atomic E-state index is 13.0. The Hall–Kier alpha value is -3.84. The number of Topliss-reactive ketones (excluding diaryl/α,β-unsaturated/α-hetero) is 1. The van der Waals surface area contributed by atoms with E-state index < -0.39 is 5.60 Å². The van der Waals surface area contributed by atoms with Crippen LogP contribution in [0.2, 0.25) is 0 Å². The predicted molar refractivity (Wildman–Crippen MR) is 132 cm³/mol. The Labute approximate surface area is 197 Å². The molecule has 1 atom stereocenters. The highest BCUT2D eigenvalue weighted by Gasteiger charge is 2.30. The lowest BCUT2D eigenvalue weighted by Gasteiger charge is -2.29. The summed E-state index contributed by atoms with van der Waals surface area (Å²) >= 11 is 0. The summed E-state index contributed by atoms with van der Waals surface area (Å²) in [6.45, 7) is 3.50. The number of aliphatic hydroxyl groups is 1. The average Bonchev–Trinajstić information content (AvgIpc) is 3.40. The molecule has 0 saturated carbocycles. The van der Waals surface area contributed by atoms with Crippen molar-refractivity contribution in [1.82, 2.24) is 24.5 Å². The van der Waals surface area contributed by atoms with Crippen LogP contribution in [0.15, 0.2) is 73.2 Å². The van der Waals surface area contributed by atoms with E-state index in [4.69, 9.17) is 0 Å². The molecule has 0 radical (unpaired) electrons. The number of ketones is 1. The Balaban J connectivity index is 1.37. The third-order valence-electron chi connectivity index (χ3n) is 6.35. The SMILES string of the molecule is Cn1ncc2ccc(-n3ncc4cc(CC(=O)C[C@@H](c5ccccc5)C(C)(C)O)ncc43)cc21. The third-order valence-corrected chi connectivity index (χ3v) is 6.35. The summed E-state index contributed by atoms with van der Waals surface area (Å²) in [6, 6.07) is 17.7. The zero-order chi connectivity index (χ0) is 23.9. The van der Waals surface area contributed by atoms with Crippen molar-refractivity contribution in [3.63, 3.8) is 0 Å². The van der Waals surface area contributed by atoms with Gasteiger partial charge in [0.1, 0.15) is 5.78 Å². The van der Waals surface area contributed by atoms with E-state index in [0.717, 1.165) is 33.1 Å². The first-order valence-electron chi connectivity index (χ1n) is 11.3. The minimum Gasteiger partial charge on any atom is -0.390 e. The lowest BCUT2D eigenvalue weighted by molar-refractivity contribution is -0.120.